The van der Waals surface area contributed by atoms with Gasteiger partial charge in [-0.2, -0.15) is 5.10 Å². The van der Waals surface area contributed by atoms with Gasteiger partial charge in [0.1, 0.15) is 5.56 Å². The lowest BCUT2D eigenvalue weighted by Crippen LogP contribution is -2.11. The first kappa shape index (κ1) is 18.1. The Hall–Kier alpha value is -3.26. The van der Waals surface area contributed by atoms with E-state index in [9.17, 15) is 4.79 Å². The molecule has 0 fully saturated rings. The first-order chi connectivity index (χ1) is 13.5. The zero-order valence-electron chi connectivity index (χ0n) is 15.6. The van der Waals surface area contributed by atoms with Crippen LogP contribution < -0.4 is 0 Å². The van der Waals surface area contributed by atoms with Crippen LogP contribution in [0.25, 0.3) is 16.5 Å². The van der Waals surface area contributed by atoms with E-state index in [4.69, 9.17) is 9.15 Å². The van der Waals surface area contributed by atoms with Crippen molar-refractivity contribution in [1.29, 1.82) is 0 Å². The van der Waals surface area contributed by atoms with Gasteiger partial charge in [-0.15, -0.1) is 21.5 Å². The molecule has 4 rings (SSSR count). The Balaban J connectivity index is 1.55. The van der Waals surface area contributed by atoms with Crippen LogP contribution in [0.3, 0.4) is 0 Å². The Labute approximate surface area is 165 Å². The van der Waals surface area contributed by atoms with Gasteiger partial charge in [0.2, 0.25) is 0 Å². The van der Waals surface area contributed by atoms with E-state index in [1.54, 1.807) is 18.5 Å². The molecule has 28 heavy (non-hydrogen) atoms. The molecule has 4 aromatic rings. The summed E-state index contributed by atoms with van der Waals surface area (Å²) >= 11 is 1.50. The molecule has 0 bridgehead atoms. The average Bonchev–Trinajstić information content (AvgIpc) is 3.42. The molecule has 0 N–H and O–H groups in total. The highest BCUT2D eigenvalue weighted by Crippen LogP contribution is 2.27. The molecule has 1 aromatic carbocycles. The van der Waals surface area contributed by atoms with Crippen molar-refractivity contribution in [3.05, 3.63) is 70.7 Å². The van der Waals surface area contributed by atoms with Crippen LogP contribution in [0.2, 0.25) is 0 Å². The summed E-state index contributed by atoms with van der Waals surface area (Å²) in [5.74, 6) is 0.195. The molecule has 0 spiro atoms. The topological polar surface area (TPSA) is 83.0 Å². The van der Waals surface area contributed by atoms with Crippen LogP contribution in [0.4, 0.5) is 0 Å². The van der Waals surface area contributed by atoms with E-state index >= 15 is 0 Å². The smallest absolute Gasteiger partial charge is 0.342 e. The number of ether oxygens (including phenoxy) is 1. The number of esters is 1. The molecule has 3 aromatic heterocycles. The number of hydrogen-bond donors (Lipinski definition) is 0. The summed E-state index contributed by atoms with van der Waals surface area (Å²) in [7, 11) is 0. The molecule has 8 heteroatoms. The van der Waals surface area contributed by atoms with Crippen molar-refractivity contribution in [2.24, 2.45) is 0 Å². The second-order valence-electron chi connectivity index (χ2n) is 6.26. The zero-order valence-corrected chi connectivity index (χ0v) is 16.4. The third-order valence-electron chi connectivity index (χ3n) is 4.30. The lowest BCUT2D eigenvalue weighted by atomic mass is 10.2. The fraction of sp³-hybridized carbons (Fsp3) is 0.200. The van der Waals surface area contributed by atoms with Gasteiger partial charge in [0.15, 0.2) is 6.10 Å². The Morgan fingerprint density at radius 2 is 1.93 bits per heavy atom. The highest BCUT2D eigenvalue weighted by Gasteiger charge is 2.25. The molecule has 7 nitrogen and oxygen atoms in total. The lowest BCUT2D eigenvalue weighted by molar-refractivity contribution is 0.0278. The summed E-state index contributed by atoms with van der Waals surface area (Å²) in [5.41, 5.74) is 2.63. The van der Waals surface area contributed by atoms with E-state index < -0.39 is 12.1 Å². The van der Waals surface area contributed by atoms with E-state index in [-0.39, 0.29) is 5.89 Å². The highest BCUT2D eigenvalue weighted by molar-refractivity contribution is 7.13. The van der Waals surface area contributed by atoms with E-state index in [0.717, 1.165) is 10.6 Å². The summed E-state index contributed by atoms with van der Waals surface area (Å²) in [6.07, 6.45) is -0.674. The summed E-state index contributed by atoms with van der Waals surface area (Å²) in [6, 6.07) is 13.4. The van der Waals surface area contributed by atoms with Crippen molar-refractivity contribution in [2.75, 3.05) is 0 Å². The third kappa shape index (κ3) is 3.34. The molecule has 0 aliphatic rings. The number of aryl methyl sites for hydroxylation is 1. The van der Waals surface area contributed by atoms with E-state index in [2.05, 4.69) is 15.3 Å². The largest absolute Gasteiger partial charge is 0.449 e. The number of aromatic nitrogens is 4. The van der Waals surface area contributed by atoms with Crippen molar-refractivity contribution in [3.8, 4) is 16.5 Å². The van der Waals surface area contributed by atoms with Crippen LogP contribution in [-0.4, -0.2) is 25.9 Å². The normalized spacial score (nSPS) is 12.1. The highest BCUT2D eigenvalue weighted by atomic mass is 32.1. The Bertz CT molecular complexity index is 1100. The first-order valence-electron chi connectivity index (χ1n) is 8.74. The molecule has 0 amide bonds. The van der Waals surface area contributed by atoms with E-state index in [1.807, 2.05) is 54.8 Å². The number of carbonyl (C=O) groups excluding carboxylic acids is 1. The molecule has 1 atom stereocenters. The van der Waals surface area contributed by atoms with Gasteiger partial charge in [-0.3, -0.25) is 0 Å². The van der Waals surface area contributed by atoms with Gasteiger partial charge in [-0.25, -0.2) is 9.48 Å². The van der Waals surface area contributed by atoms with Crippen molar-refractivity contribution in [3.63, 3.8) is 0 Å². The monoisotopic (exact) mass is 394 g/mol. The van der Waals surface area contributed by atoms with Gasteiger partial charge in [0.05, 0.1) is 22.0 Å². The quantitative estimate of drug-likeness (QED) is 0.463. The minimum atomic E-state index is -0.674. The van der Waals surface area contributed by atoms with Gasteiger partial charge < -0.3 is 9.15 Å². The molecular formula is C20H18N4O3S. The molecular weight excluding hydrogens is 376 g/mol. The molecule has 0 aliphatic heterocycles. The lowest BCUT2D eigenvalue weighted by Gasteiger charge is -2.10. The molecule has 142 valence electrons. The maximum atomic E-state index is 12.8. The maximum Gasteiger partial charge on any atom is 0.342 e. The molecule has 0 unspecified atom stereocenters. The van der Waals surface area contributed by atoms with Gasteiger partial charge >= 0.3 is 5.97 Å². The maximum absolute atomic E-state index is 12.8. The first-order valence-corrected chi connectivity index (χ1v) is 9.62. The number of hydrogen-bond acceptors (Lipinski definition) is 7. The Morgan fingerprint density at radius 1 is 1.14 bits per heavy atom. The average molecular weight is 394 g/mol. The zero-order chi connectivity index (χ0) is 19.7. The standard InChI is InChI=1S/C20H18N4O3S/c1-12-17(13(2)24(23-12)15-8-5-4-6-9-15)20(25)26-14(3)18-21-22-19(27-18)16-10-7-11-28-16/h4-11,14H,1-3H3/t14-/m0/s1. The number of rotatable bonds is 5. The second-order valence-corrected chi connectivity index (χ2v) is 7.21. The van der Waals surface area contributed by atoms with Gasteiger partial charge in [-0.05, 0) is 44.4 Å². The number of carbonyl (C=O) groups is 1. The summed E-state index contributed by atoms with van der Waals surface area (Å²) < 4.78 is 13.0. The number of nitrogens with zero attached hydrogens (tertiary/aromatic N) is 4. The summed E-state index contributed by atoms with van der Waals surface area (Å²) in [5, 5.41) is 14.4. The van der Waals surface area contributed by atoms with Gasteiger partial charge in [0, 0.05) is 0 Å². The SMILES string of the molecule is Cc1nn(-c2ccccc2)c(C)c1C(=O)O[C@@H](C)c1nnc(-c2cccs2)o1. The van der Waals surface area contributed by atoms with Crippen LogP contribution in [0.1, 0.15) is 40.7 Å². The molecule has 3 heterocycles. The summed E-state index contributed by atoms with van der Waals surface area (Å²) in [4.78, 5) is 13.7. The predicted octanol–water partition coefficient (Wildman–Crippen LogP) is 4.52. The second kappa shape index (κ2) is 7.40. The fourth-order valence-electron chi connectivity index (χ4n) is 2.93. The van der Waals surface area contributed by atoms with Crippen LogP contribution >= 0.6 is 11.3 Å². The third-order valence-corrected chi connectivity index (χ3v) is 5.16. The number of thiophene rings is 1. The van der Waals surface area contributed by atoms with Crippen molar-refractivity contribution in [2.45, 2.75) is 26.9 Å². The number of para-hydroxylation sites is 1. The minimum Gasteiger partial charge on any atom is -0.449 e. The fourth-order valence-corrected chi connectivity index (χ4v) is 3.57. The number of benzene rings is 1. The van der Waals surface area contributed by atoms with Crippen LogP contribution in [0.15, 0.2) is 52.3 Å². The van der Waals surface area contributed by atoms with E-state index in [1.165, 1.54) is 11.3 Å². The molecule has 0 saturated carbocycles. The van der Waals surface area contributed by atoms with Crippen molar-refractivity contribution in [1.82, 2.24) is 20.0 Å². The Morgan fingerprint density at radius 3 is 2.64 bits per heavy atom. The van der Waals surface area contributed by atoms with Crippen LogP contribution in [0.5, 0.6) is 0 Å². The van der Waals surface area contributed by atoms with Gasteiger partial charge in [0.25, 0.3) is 11.8 Å². The van der Waals surface area contributed by atoms with Crippen LogP contribution in [-0.2, 0) is 4.74 Å². The van der Waals surface area contributed by atoms with Crippen molar-refractivity contribution >= 4 is 17.3 Å². The minimum absolute atomic E-state index is 0.252. The van der Waals surface area contributed by atoms with Crippen LogP contribution in [0, 0.1) is 13.8 Å². The van der Waals surface area contributed by atoms with Gasteiger partial charge in [-0.1, -0.05) is 24.3 Å². The van der Waals surface area contributed by atoms with Crippen molar-refractivity contribution < 1.29 is 13.9 Å². The molecule has 0 radical (unpaired) electrons. The summed E-state index contributed by atoms with van der Waals surface area (Å²) in [6.45, 7) is 5.33. The Kier molecular flexibility index (Phi) is 4.79. The predicted molar refractivity (Wildman–Crippen MR) is 104 cm³/mol. The van der Waals surface area contributed by atoms with E-state index in [0.29, 0.717) is 22.8 Å². The molecule has 0 saturated heterocycles. The molecule has 0 aliphatic carbocycles.